The Kier molecular flexibility index (Phi) is 10.3. The van der Waals surface area contributed by atoms with Crippen molar-refractivity contribution in [3.63, 3.8) is 0 Å². The molecule has 1 heterocycles. The lowest BCUT2D eigenvalue weighted by Crippen LogP contribution is -2.49. The van der Waals surface area contributed by atoms with Gasteiger partial charge in [0.2, 0.25) is 0 Å². The molecule has 154 valence electrons. The van der Waals surface area contributed by atoms with Crippen LogP contribution in [0.5, 0.6) is 5.75 Å². The maximum absolute atomic E-state index is 5.63. The van der Waals surface area contributed by atoms with Crippen LogP contribution in [0.25, 0.3) is 0 Å². The Hall–Kier alpha value is -0.670. The molecule has 2 rings (SSSR count). The summed E-state index contributed by atoms with van der Waals surface area (Å²) in [6.07, 6.45) is 4.14. The van der Waals surface area contributed by atoms with Gasteiger partial charge in [-0.1, -0.05) is 12.1 Å². The number of methoxy groups -OCH3 is 1. The lowest BCUT2D eigenvalue weighted by molar-refractivity contribution is 0.0513. The number of hydrogen-bond donors (Lipinski definition) is 2. The van der Waals surface area contributed by atoms with Gasteiger partial charge in [-0.15, -0.1) is 24.0 Å². The first-order valence-electron chi connectivity index (χ1n) is 9.17. The van der Waals surface area contributed by atoms with Gasteiger partial charge >= 0.3 is 0 Å². The Balaban J connectivity index is 0.00000364. The highest BCUT2D eigenvalue weighted by molar-refractivity contribution is 14.0. The third-order valence-electron chi connectivity index (χ3n) is 5.20. The summed E-state index contributed by atoms with van der Waals surface area (Å²) in [6.45, 7) is 7.75. The number of nitrogens with one attached hydrogen (secondary N) is 2. The van der Waals surface area contributed by atoms with Crippen molar-refractivity contribution in [1.29, 1.82) is 0 Å². The Morgan fingerprint density at radius 3 is 2.37 bits per heavy atom. The number of rotatable bonds is 7. The van der Waals surface area contributed by atoms with E-state index in [2.05, 4.69) is 47.9 Å². The van der Waals surface area contributed by atoms with Crippen LogP contribution in [0, 0.1) is 0 Å². The summed E-state index contributed by atoms with van der Waals surface area (Å²) in [6, 6.07) is 8.44. The van der Waals surface area contributed by atoms with Gasteiger partial charge in [0.1, 0.15) is 5.75 Å². The lowest BCUT2D eigenvalue weighted by atomic mass is 9.74. The Morgan fingerprint density at radius 1 is 1.22 bits per heavy atom. The molecule has 1 fully saturated rings. The average molecular weight is 507 g/mol. The van der Waals surface area contributed by atoms with Gasteiger partial charge in [0.05, 0.1) is 7.11 Å². The summed E-state index contributed by atoms with van der Waals surface area (Å²) in [7, 11) is 3.53. The Labute approximate surface area is 185 Å². The third-order valence-corrected chi connectivity index (χ3v) is 6.45. The molecule has 0 bridgehead atoms. The monoisotopic (exact) mass is 507 g/mol. The number of benzene rings is 1. The van der Waals surface area contributed by atoms with Gasteiger partial charge in [-0.25, -0.2) is 0 Å². The van der Waals surface area contributed by atoms with E-state index < -0.39 is 0 Å². The van der Waals surface area contributed by atoms with Gasteiger partial charge in [0.25, 0.3) is 0 Å². The largest absolute Gasteiger partial charge is 0.497 e. The molecule has 0 radical (unpaired) electrons. The fourth-order valence-corrected chi connectivity index (χ4v) is 3.33. The van der Waals surface area contributed by atoms with Gasteiger partial charge < -0.3 is 20.1 Å². The van der Waals surface area contributed by atoms with Gasteiger partial charge in [0.15, 0.2) is 5.96 Å². The van der Waals surface area contributed by atoms with Crippen molar-refractivity contribution in [2.75, 3.05) is 46.7 Å². The van der Waals surface area contributed by atoms with Crippen LogP contribution in [0.1, 0.15) is 32.3 Å². The molecular formula is C20H34IN3O2S. The van der Waals surface area contributed by atoms with Gasteiger partial charge in [-0.05, 0) is 50.6 Å². The number of nitrogens with zero attached hydrogens (tertiary/aromatic N) is 1. The molecule has 1 aliphatic rings. The number of guanidine groups is 1. The number of hydrogen-bond acceptors (Lipinski definition) is 4. The molecule has 0 unspecified atom stereocenters. The normalized spacial score (nSPS) is 17.0. The molecule has 0 aliphatic carbocycles. The minimum absolute atomic E-state index is 0. The molecule has 0 saturated carbocycles. The van der Waals surface area contributed by atoms with E-state index in [1.54, 1.807) is 7.11 Å². The molecule has 7 heteroatoms. The predicted octanol–water partition coefficient (Wildman–Crippen LogP) is 3.67. The van der Waals surface area contributed by atoms with Crippen LogP contribution in [-0.4, -0.2) is 57.4 Å². The van der Waals surface area contributed by atoms with E-state index in [1.165, 1.54) is 5.56 Å². The van der Waals surface area contributed by atoms with E-state index in [0.29, 0.717) is 0 Å². The second-order valence-electron chi connectivity index (χ2n) is 7.36. The Morgan fingerprint density at radius 2 is 1.85 bits per heavy atom. The zero-order chi connectivity index (χ0) is 19.0. The minimum atomic E-state index is 0. The first-order chi connectivity index (χ1) is 12.4. The number of thioether (sulfide) groups is 1. The highest BCUT2D eigenvalue weighted by atomic mass is 127. The second-order valence-corrected chi connectivity index (χ2v) is 8.88. The molecule has 0 aromatic heterocycles. The van der Waals surface area contributed by atoms with E-state index in [1.807, 2.05) is 30.9 Å². The van der Waals surface area contributed by atoms with E-state index in [0.717, 1.165) is 50.9 Å². The molecule has 0 atom stereocenters. The number of ether oxygens (including phenoxy) is 2. The van der Waals surface area contributed by atoms with Crippen LogP contribution in [0.3, 0.4) is 0 Å². The van der Waals surface area contributed by atoms with Crippen molar-refractivity contribution in [3.8, 4) is 5.75 Å². The van der Waals surface area contributed by atoms with Crippen LogP contribution < -0.4 is 15.4 Å². The first kappa shape index (κ1) is 24.4. The standard InChI is InChI=1S/C20H33N3O2S.HI/c1-19(2,26-5)14-22-18(21-3)23-15-20(10-12-25-13-11-20)16-6-8-17(24-4)9-7-16;/h6-9H,10-15H2,1-5H3,(H2,21,22,23);1H. The van der Waals surface area contributed by atoms with Crippen LogP contribution in [0.4, 0.5) is 0 Å². The molecule has 2 N–H and O–H groups in total. The lowest BCUT2D eigenvalue weighted by Gasteiger charge is -2.38. The van der Waals surface area contributed by atoms with Crippen molar-refractivity contribution in [1.82, 2.24) is 10.6 Å². The molecule has 27 heavy (non-hydrogen) atoms. The maximum atomic E-state index is 5.63. The molecule has 1 aliphatic heterocycles. The zero-order valence-corrected chi connectivity index (χ0v) is 20.3. The molecular weight excluding hydrogens is 473 g/mol. The highest BCUT2D eigenvalue weighted by Crippen LogP contribution is 2.35. The zero-order valence-electron chi connectivity index (χ0n) is 17.1. The summed E-state index contributed by atoms with van der Waals surface area (Å²) in [4.78, 5) is 4.40. The van der Waals surface area contributed by atoms with Crippen LogP contribution in [0.2, 0.25) is 0 Å². The molecule has 5 nitrogen and oxygen atoms in total. The van der Waals surface area contributed by atoms with E-state index in [-0.39, 0.29) is 34.1 Å². The summed E-state index contributed by atoms with van der Waals surface area (Å²) < 4.78 is 11.1. The SMILES string of the molecule is CN=C(NCC(C)(C)SC)NCC1(c2ccc(OC)cc2)CCOCC1.I. The van der Waals surface area contributed by atoms with E-state index >= 15 is 0 Å². The van der Waals surface area contributed by atoms with E-state index in [9.17, 15) is 0 Å². The van der Waals surface area contributed by atoms with Crippen molar-refractivity contribution >= 4 is 41.7 Å². The predicted molar refractivity (Wildman–Crippen MR) is 127 cm³/mol. The van der Waals surface area contributed by atoms with Gasteiger partial charge in [-0.3, -0.25) is 4.99 Å². The molecule has 0 amide bonds. The van der Waals surface area contributed by atoms with E-state index in [4.69, 9.17) is 9.47 Å². The summed E-state index contributed by atoms with van der Waals surface area (Å²) in [5, 5.41) is 7.00. The average Bonchev–Trinajstić information content (AvgIpc) is 2.69. The van der Waals surface area contributed by atoms with Crippen LogP contribution in [-0.2, 0) is 10.2 Å². The molecule has 1 saturated heterocycles. The van der Waals surface area contributed by atoms with Gasteiger partial charge in [-0.2, -0.15) is 11.8 Å². The topological polar surface area (TPSA) is 54.9 Å². The molecule has 1 aromatic carbocycles. The Bertz CT molecular complexity index is 587. The molecule has 0 spiro atoms. The molecule has 1 aromatic rings. The minimum Gasteiger partial charge on any atom is -0.497 e. The van der Waals surface area contributed by atoms with Crippen molar-refractivity contribution in [2.24, 2.45) is 4.99 Å². The number of aliphatic imine (C=N–C) groups is 1. The fraction of sp³-hybridized carbons (Fsp3) is 0.650. The van der Waals surface area contributed by atoms with Crippen molar-refractivity contribution in [3.05, 3.63) is 29.8 Å². The first-order valence-corrected chi connectivity index (χ1v) is 10.4. The summed E-state index contributed by atoms with van der Waals surface area (Å²) in [5.41, 5.74) is 1.38. The van der Waals surface area contributed by atoms with Crippen molar-refractivity contribution in [2.45, 2.75) is 36.9 Å². The summed E-state index contributed by atoms with van der Waals surface area (Å²) >= 11 is 1.85. The number of halogens is 1. The van der Waals surface area contributed by atoms with Gasteiger partial charge in [0, 0.05) is 43.5 Å². The van der Waals surface area contributed by atoms with Crippen LogP contribution >= 0.6 is 35.7 Å². The summed E-state index contributed by atoms with van der Waals surface area (Å²) in [5.74, 6) is 1.74. The maximum Gasteiger partial charge on any atom is 0.191 e. The van der Waals surface area contributed by atoms with Crippen LogP contribution in [0.15, 0.2) is 29.3 Å². The fourth-order valence-electron chi connectivity index (χ4n) is 3.12. The highest BCUT2D eigenvalue weighted by Gasteiger charge is 2.34. The smallest absolute Gasteiger partial charge is 0.191 e. The second kappa shape index (κ2) is 11.4. The van der Waals surface area contributed by atoms with Crippen molar-refractivity contribution < 1.29 is 9.47 Å². The third kappa shape index (κ3) is 7.02. The quantitative estimate of drug-likeness (QED) is 0.335.